The SMILES string of the molecule is CN1CCN(c2ccc(Nc3c4c(nc5ccccc35)CCCCC4)cc2)CC1. The highest BCUT2D eigenvalue weighted by Crippen LogP contribution is 2.35. The van der Waals surface area contributed by atoms with E-state index in [1.165, 1.54) is 47.3 Å². The molecule has 0 atom stereocenters. The van der Waals surface area contributed by atoms with E-state index in [1.54, 1.807) is 0 Å². The number of hydrogen-bond acceptors (Lipinski definition) is 4. The maximum atomic E-state index is 5.01. The second kappa shape index (κ2) is 8.03. The summed E-state index contributed by atoms with van der Waals surface area (Å²) < 4.78 is 0. The third-order valence-corrected chi connectivity index (χ3v) is 6.42. The maximum absolute atomic E-state index is 5.01. The second-order valence-electron chi connectivity index (χ2n) is 8.45. The molecule has 5 rings (SSSR count). The van der Waals surface area contributed by atoms with E-state index in [2.05, 4.69) is 70.7 Å². The Morgan fingerprint density at radius 2 is 1.59 bits per heavy atom. The van der Waals surface area contributed by atoms with Crippen LogP contribution in [0.1, 0.15) is 30.5 Å². The number of nitrogens with zero attached hydrogens (tertiary/aromatic N) is 3. The molecule has 29 heavy (non-hydrogen) atoms. The number of fused-ring (bicyclic) bond motifs is 2. The minimum absolute atomic E-state index is 1.09. The van der Waals surface area contributed by atoms with Crippen molar-refractivity contribution in [3.8, 4) is 0 Å². The lowest BCUT2D eigenvalue weighted by atomic mass is 10.0. The number of nitrogens with one attached hydrogen (secondary N) is 1. The Labute approximate surface area is 173 Å². The lowest BCUT2D eigenvalue weighted by Crippen LogP contribution is -2.44. The number of hydrogen-bond donors (Lipinski definition) is 1. The summed E-state index contributed by atoms with van der Waals surface area (Å²) >= 11 is 0. The van der Waals surface area contributed by atoms with Gasteiger partial charge in [0, 0.05) is 48.6 Å². The molecule has 3 aromatic rings. The van der Waals surface area contributed by atoms with Gasteiger partial charge in [0.1, 0.15) is 0 Å². The first kappa shape index (κ1) is 18.4. The first-order valence-electron chi connectivity index (χ1n) is 11.0. The number of piperazine rings is 1. The van der Waals surface area contributed by atoms with Crippen LogP contribution in [0.5, 0.6) is 0 Å². The van der Waals surface area contributed by atoms with Gasteiger partial charge in [0.25, 0.3) is 0 Å². The molecular weight excluding hydrogens is 356 g/mol. The molecular formula is C25H30N4. The molecule has 1 aliphatic heterocycles. The second-order valence-corrected chi connectivity index (χ2v) is 8.45. The fraction of sp³-hybridized carbons (Fsp3) is 0.400. The first-order valence-corrected chi connectivity index (χ1v) is 11.0. The smallest absolute Gasteiger partial charge is 0.0726 e. The molecule has 4 heteroatoms. The Morgan fingerprint density at radius 1 is 0.828 bits per heavy atom. The van der Waals surface area contributed by atoms with E-state index in [1.807, 2.05) is 0 Å². The Hall–Kier alpha value is -2.59. The Kier molecular flexibility index (Phi) is 5.11. The van der Waals surface area contributed by atoms with Crippen molar-refractivity contribution >= 4 is 28.0 Å². The van der Waals surface area contributed by atoms with Crippen LogP contribution >= 0.6 is 0 Å². The van der Waals surface area contributed by atoms with Crippen molar-refractivity contribution in [1.82, 2.24) is 9.88 Å². The van der Waals surface area contributed by atoms with Gasteiger partial charge < -0.3 is 15.1 Å². The molecule has 0 saturated carbocycles. The van der Waals surface area contributed by atoms with Crippen molar-refractivity contribution in [3.05, 3.63) is 59.8 Å². The van der Waals surface area contributed by atoms with Crippen molar-refractivity contribution in [2.24, 2.45) is 0 Å². The number of pyridine rings is 1. The minimum atomic E-state index is 1.09. The monoisotopic (exact) mass is 386 g/mol. The molecule has 2 aliphatic rings. The van der Waals surface area contributed by atoms with Gasteiger partial charge in [-0.3, -0.25) is 4.98 Å². The maximum Gasteiger partial charge on any atom is 0.0726 e. The van der Waals surface area contributed by atoms with Gasteiger partial charge in [-0.05, 0) is 68.6 Å². The van der Waals surface area contributed by atoms with Crippen molar-refractivity contribution in [2.45, 2.75) is 32.1 Å². The molecule has 150 valence electrons. The molecule has 4 nitrogen and oxygen atoms in total. The summed E-state index contributed by atoms with van der Waals surface area (Å²) in [5.41, 5.74) is 7.55. The fourth-order valence-electron chi connectivity index (χ4n) is 4.66. The predicted octanol–water partition coefficient (Wildman–Crippen LogP) is 5.00. The van der Waals surface area contributed by atoms with E-state index >= 15 is 0 Å². The van der Waals surface area contributed by atoms with Crippen LogP contribution < -0.4 is 10.2 Å². The van der Waals surface area contributed by atoms with Gasteiger partial charge in [0.15, 0.2) is 0 Å². The standard InChI is InChI=1S/C25H30N4/c1-28-15-17-29(18-16-28)20-13-11-19(12-14-20)26-25-21-7-3-2-4-9-23(21)27-24-10-6-5-8-22(24)25/h5-6,8,10-14H,2-4,7,9,15-18H2,1H3,(H,26,27). The van der Waals surface area contributed by atoms with Gasteiger partial charge >= 0.3 is 0 Å². The molecule has 1 fully saturated rings. The van der Waals surface area contributed by atoms with E-state index < -0.39 is 0 Å². The van der Waals surface area contributed by atoms with E-state index in [4.69, 9.17) is 4.98 Å². The summed E-state index contributed by atoms with van der Waals surface area (Å²) in [5.74, 6) is 0. The third kappa shape index (κ3) is 3.82. The number of aromatic nitrogens is 1. The lowest BCUT2D eigenvalue weighted by molar-refractivity contribution is 0.313. The van der Waals surface area contributed by atoms with E-state index in [0.29, 0.717) is 0 Å². The fourth-order valence-corrected chi connectivity index (χ4v) is 4.66. The topological polar surface area (TPSA) is 31.4 Å². The largest absolute Gasteiger partial charge is 0.369 e. The normalized spacial score (nSPS) is 17.8. The molecule has 0 radical (unpaired) electrons. The third-order valence-electron chi connectivity index (χ3n) is 6.42. The van der Waals surface area contributed by atoms with Gasteiger partial charge in [-0.1, -0.05) is 24.6 Å². The molecule has 2 aromatic carbocycles. The summed E-state index contributed by atoms with van der Waals surface area (Å²) in [6.07, 6.45) is 6.01. The van der Waals surface area contributed by atoms with Crippen molar-refractivity contribution in [3.63, 3.8) is 0 Å². The van der Waals surface area contributed by atoms with Crippen LogP contribution in [-0.2, 0) is 12.8 Å². The highest BCUT2D eigenvalue weighted by Gasteiger charge is 2.18. The van der Waals surface area contributed by atoms with Crippen molar-refractivity contribution in [1.29, 1.82) is 0 Å². The average molecular weight is 387 g/mol. The first-order chi connectivity index (χ1) is 14.3. The summed E-state index contributed by atoms with van der Waals surface area (Å²) in [6.45, 7) is 4.47. The predicted molar refractivity (Wildman–Crippen MR) is 122 cm³/mol. The summed E-state index contributed by atoms with van der Waals surface area (Å²) in [6, 6.07) is 17.5. The van der Waals surface area contributed by atoms with E-state index in [9.17, 15) is 0 Å². The van der Waals surface area contributed by atoms with Crippen LogP contribution in [-0.4, -0.2) is 43.1 Å². The van der Waals surface area contributed by atoms with Crippen LogP contribution in [0, 0.1) is 0 Å². The lowest BCUT2D eigenvalue weighted by Gasteiger charge is -2.34. The van der Waals surface area contributed by atoms with Crippen molar-refractivity contribution < 1.29 is 0 Å². The van der Waals surface area contributed by atoms with Crippen LogP contribution in [0.25, 0.3) is 10.9 Å². The van der Waals surface area contributed by atoms with Crippen LogP contribution in [0.15, 0.2) is 48.5 Å². The van der Waals surface area contributed by atoms with Gasteiger partial charge in [0.2, 0.25) is 0 Å². The van der Waals surface area contributed by atoms with Gasteiger partial charge in [-0.25, -0.2) is 0 Å². The van der Waals surface area contributed by atoms with Crippen LogP contribution in [0.4, 0.5) is 17.1 Å². The number of likely N-dealkylation sites (N-methyl/N-ethyl adjacent to an activating group) is 1. The number of benzene rings is 2. The molecule has 0 bridgehead atoms. The Morgan fingerprint density at radius 3 is 2.41 bits per heavy atom. The molecule has 1 saturated heterocycles. The molecule has 2 heterocycles. The molecule has 1 N–H and O–H groups in total. The average Bonchev–Trinajstić information content (AvgIpc) is 3.00. The molecule has 1 aliphatic carbocycles. The summed E-state index contributed by atoms with van der Waals surface area (Å²) in [7, 11) is 2.20. The summed E-state index contributed by atoms with van der Waals surface area (Å²) in [4.78, 5) is 9.89. The molecule has 1 aromatic heterocycles. The number of para-hydroxylation sites is 1. The van der Waals surface area contributed by atoms with Gasteiger partial charge in [-0.15, -0.1) is 0 Å². The van der Waals surface area contributed by atoms with Crippen LogP contribution in [0.3, 0.4) is 0 Å². The Bertz CT molecular complexity index is 988. The summed E-state index contributed by atoms with van der Waals surface area (Å²) in [5, 5.41) is 5.01. The van der Waals surface area contributed by atoms with Crippen molar-refractivity contribution in [2.75, 3.05) is 43.4 Å². The zero-order valence-corrected chi connectivity index (χ0v) is 17.3. The number of anilines is 3. The molecule has 0 unspecified atom stereocenters. The molecule has 0 amide bonds. The van der Waals surface area contributed by atoms with E-state index in [-0.39, 0.29) is 0 Å². The van der Waals surface area contributed by atoms with Crippen LogP contribution in [0.2, 0.25) is 0 Å². The zero-order valence-electron chi connectivity index (χ0n) is 17.3. The molecule has 0 spiro atoms. The number of aryl methyl sites for hydroxylation is 1. The van der Waals surface area contributed by atoms with E-state index in [0.717, 1.165) is 50.2 Å². The van der Waals surface area contributed by atoms with Gasteiger partial charge in [-0.2, -0.15) is 0 Å². The zero-order chi connectivity index (χ0) is 19.6. The minimum Gasteiger partial charge on any atom is -0.369 e. The quantitative estimate of drug-likeness (QED) is 0.642. The van der Waals surface area contributed by atoms with Gasteiger partial charge in [0.05, 0.1) is 11.2 Å². The Balaban J connectivity index is 1.46. The highest BCUT2D eigenvalue weighted by atomic mass is 15.2. The number of rotatable bonds is 3. The highest BCUT2D eigenvalue weighted by molar-refractivity contribution is 5.95.